The maximum absolute atomic E-state index is 5.72. The molecule has 0 radical (unpaired) electrons. The van der Waals surface area contributed by atoms with Gasteiger partial charge in [-0.15, -0.1) is 0 Å². The van der Waals surface area contributed by atoms with Crippen LogP contribution >= 0.6 is 0 Å². The minimum atomic E-state index is 0.767. The van der Waals surface area contributed by atoms with Crippen molar-refractivity contribution < 1.29 is 0 Å². The highest BCUT2D eigenvalue weighted by molar-refractivity contribution is 5.67. The zero-order chi connectivity index (χ0) is 13.9. The van der Waals surface area contributed by atoms with Gasteiger partial charge in [-0.2, -0.15) is 0 Å². The molecule has 0 aliphatic heterocycles. The van der Waals surface area contributed by atoms with Crippen LogP contribution in [0.1, 0.15) is 5.56 Å². The summed E-state index contributed by atoms with van der Waals surface area (Å²) in [5.74, 6) is 0. The summed E-state index contributed by atoms with van der Waals surface area (Å²) in [4.78, 5) is 4.73. The summed E-state index contributed by atoms with van der Waals surface area (Å²) >= 11 is 0. The Morgan fingerprint density at radius 1 is 0.700 bits per heavy atom. The molecule has 1 aromatic heterocycles. The van der Waals surface area contributed by atoms with Gasteiger partial charge in [0, 0.05) is 16.8 Å². The molecule has 3 aromatic rings. The first-order valence-electron chi connectivity index (χ1n) is 6.62. The summed E-state index contributed by atoms with van der Waals surface area (Å²) in [6.45, 7) is 2.09. The highest BCUT2D eigenvalue weighted by atomic mass is 14.7. The van der Waals surface area contributed by atoms with Crippen LogP contribution in [0.3, 0.4) is 0 Å². The van der Waals surface area contributed by atoms with Crippen molar-refractivity contribution in [3.63, 3.8) is 0 Å². The average Bonchev–Trinajstić information content (AvgIpc) is 2.49. The van der Waals surface area contributed by atoms with Crippen LogP contribution in [-0.4, -0.2) is 4.98 Å². The highest BCUT2D eigenvalue weighted by Gasteiger charge is 2.03. The van der Waals surface area contributed by atoms with E-state index in [1.807, 2.05) is 42.5 Å². The molecule has 3 rings (SSSR count). The van der Waals surface area contributed by atoms with Crippen LogP contribution in [0.25, 0.3) is 22.5 Å². The molecule has 0 saturated heterocycles. The van der Waals surface area contributed by atoms with Crippen molar-refractivity contribution in [1.82, 2.24) is 4.98 Å². The van der Waals surface area contributed by atoms with Crippen LogP contribution in [0.15, 0.2) is 66.7 Å². The molecule has 98 valence electrons. The average molecular weight is 260 g/mol. The fourth-order valence-electron chi connectivity index (χ4n) is 2.13. The molecule has 2 N–H and O–H groups in total. The van der Waals surface area contributed by atoms with Gasteiger partial charge in [0.2, 0.25) is 0 Å². The second-order valence-electron chi connectivity index (χ2n) is 4.90. The Balaban J connectivity index is 2.01. The monoisotopic (exact) mass is 260 g/mol. The summed E-state index contributed by atoms with van der Waals surface area (Å²) in [7, 11) is 0. The van der Waals surface area contributed by atoms with Gasteiger partial charge in [-0.3, -0.25) is 0 Å². The van der Waals surface area contributed by atoms with Crippen LogP contribution in [0.4, 0.5) is 5.69 Å². The van der Waals surface area contributed by atoms with Crippen LogP contribution in [0.5, 0.6) is 0 Å². The standard InChI is InChI=1S/C18H16N2/c1-13-5-7-14(8-6-13)17-3-2-4-18(20-17)15-9-11-16(19)12-10-15/h2-12H,19H2,1H3. The zero-order valence-corrected chi connectivity index (χ0v) is 11.4. The lowest BCUT2D eigenvalue weighted by molar-refractivity contribution is 1.32. The summed E-state index contributed by atoms with van der Waals surface area (Å²) < 4.78 is 0. The Morgan fingerprint density at radius 3 is 1.75 bits per heavy atom. The smallest absolute Gasteiger partial charge is 0.0709 e. The summed E-state index contributed by atoms with van der Waals surface area (Å²) in [6, 6.07) is 22.3. The molecule has 2 nitrogen and oxygen atoms in total. The highest BCUT2D eigenvalue weighted by Crippen LogP contribution is 2.23. The van der Waals surface area contributed by atoms with Crippen LogP contribution in [0, 0.1) is 6.92 Å². The van der Waals surface area contributed by atoms with E-state index in [4.69, 9.17) is 10.7 Å². The predicted molar refractivity (Wildman–Crippen MR) is 84.3 cm³/mol. The van der Waals surface area contributed by atoms with E-state index in [0.717, 1.165) is 28.2 Å². The largest absolute Gasteiger partial charge is 0.399 e. The third-order valence-electron chi connectivity index (χ3n) is 3.30. The molecule has 2 aromatic carbocycles. The number of anilines is 1. The molecule has 0 unspecified atom stereocenters. The zero-order valence-electron chi connectivity index (χ0n) is 11.4. The maximum Gasteiger partial charge on any atom is 0.0709 e. The Bertz CT molecular complexity index is 652. The van der Waals surface area contributed by atoms with E-state index in [9.17, 15) is 0 Å². The SMILES string of the molecule is Cc1ccc(-c2cccc(-c3ccc(N)cc3)n2)cc1. The fraction of sp³-hybridized carbons (Fsp3) is 0.0556. The Hall–Kier alpha value is -2.61. The van der Waals surface area contributed by atoms with Gasteiger partial charge >= 0.3 is 0 Å². The third kappa shape index (κ3) is 2.54. The Morgan fingerprint density at radius 2 is 1.20 bits per heavy atom. The third-order valence-corrected chi connectivity index (χ3v) is 3.30. The van der Waals surface area contributed by atoms with Gasteiger partial charge in [0.25, 0.3) is 0 Å². The lowest BCUT2D eigenvalue weighted by Gasteiger charge is -2.06. The van der Waals surface area contributed by atoms with Gasteiger partial charge in [-0.05, 0) is 31.2 Å². The first-order valence-corrected chi connectivity index (χ1v) is 6.62. The van der Waals surface area contributed by atoms with Crippen molar-refractivity contribution in [3.05, 3.63) is 72.3 Å². The number of rotatable bonds is 2. The molecule has 0 atom stereocenters. The first-order chi connectivity index (χ1) is 9.72. The van der Waals surface area contributed by atoms with E-state index in [0.29, 0.717) is 0 Å². The lowest BCUT2D eigenvalue weighted by atomic mass is 10.1. The number of hydrogen-bond donors (Lipinski definition) is 1. The summed E-state index contributed by atoms with van der Waals surface area (Å²) in [6.07, 6.45) is 0. The van der Waals surface area contributed by atoms with Gasteiger partial charge in [0.05, 0.1) is 11.4 Å². The van der Waals surface area contributed by atoms with E-state index < -0.39 is 0 Å². The maximum atomic E-state index is 5.72. The molecular weight excluding hydrogens is 244 g/mol. The number of nitrogen functional groups attached to an aromatic ring is 1. The van der Waals surface area contributed by atoms with E-state index in [1.54, 1.807) is 0 Å². The number of nitrogens with zero attached hydrogens (tertiary/aromatic N) is 1. The van der Waals surface area contributed by atoms with E-state index in [2.05, 4.69) is 31.2 Å². The predicted octanol–water partition coefficient (Wildman–Crippen LogP) is 4.31. The molecule has 0 amide bonds. The fourth-order valence-corrected chi connectivity index (χ4v) is 2.13. The van der Waals surface area contributed by atoms with Gasteiger partial charge in [-0.25, -0.2) is 4.98 Å². The number of benzene rings is 2. The van der Waals surface area contributed by atoms with Crippen LogP contribution in [-0.2, 0) is 0 Å². The number of nitrogens with two attached hydrogens (primary N) is 1. The number of pyridine rings is 1. The normalized spacial score (nSPS) is 10.4. The van der Waals surface area contributed by atoms with Crippen molar-refractivity contribution in [2.45, 2.75) is 6.92 Å². The number of aryl methyl sites for hydroxylation is 1. The summed E-state index contributed by atoms with van der Waals surface area (Å²) in [5, 5.41) is 0. The van der Waals surface area contributed by atoms with Gasteiger partial charge in [-0.1, -0.05) is 48.0 Å². The minimum absolute atomic E-state index is 0.767. The van der Waals surface area contributed by atoms with Crippen LogP contribution in [0.2, 0.25) is 0 Å². The Kier molecular flexibility index (Phi) is 3.21. The van der Waals surface area contributed by atoms with E-state index in [1.165, 1.54) is 5.56 Å². The molecular formula is C18H16N2. The molecule has 0 aliphatic rings. The number of hydrogen-bond acceptors (Lipinski definition) is 2. The molecule has 0 fully saturated rings. The minimum Gasteiger partial charge on any atom is -0.399 e. The van der Waals surface area contributed by atoms with Crippen LogP contribution < -0.4 is 5.73 Å². The summed E-state index contributed by atoms with van der Waals surface area (Å²) in [5.41, 5.74) is 11.9. The molecule has 0 bridgehead atoms. The van der Waals surface area contributed by atoms with E-state index in [-0.39, 0.29) is 0 Å². The molecule has 1 heterocycles. The quantitative estimate of drug-likeness (QED) is 0.697. The van der Waals surface area contributed by atoms with Gasteiger partial charge in [0.15, 0.2) is 0 Å². The van der Waals surface area contributed by atoms with Gasteiger partial charge < -0.3 is 5.73 Å². The van der Waals surface area contributed by atoms with Crippen molar-refractivity contribution in [3.8, 4) is 22.5 Å². The van der Waals surface area contributed by atoms with Gasteiger partial charge in [0.1, 0.15) is 0 Å². The molecule has 2 heteroatoms. The molecule has 0 spiro atoms. The van der Waals surface area contributed by atoms with Crippen molar-refractivity contribution in [1.29, 1.82) is 0 Å². The second kappa shape index (κ2) is 5.17. The van der Waals surface area contributed by atoms with Crippen molar-refractivity contribution in [2.24, 2.45) is 0 Å². The number of aromatic nitrogens is 1. The first kappa shape index (κ1) is 12.4. The lowest BCUT2D eigenvalue weighted by Crippen LogP contribution is -1.89. The van der Waals surface area contributed by atoms with Crippen molar-refractivity contribution >= 4 is 5.69 Å². The van der Waals surface area contributed by atoms with E-state index >= 15 is 0 Å². The van der Waals surface area contributed by atoms with Crippen molar-refractivity contribution in [2.75, 3.05) is 5.73 Å². The molecule has 0 saturated carbocycles. The topological polar surface area (TPSA) is 38.9 Å². The Labute approximate surface area is 118 Å². The molecule has 20 heavy (non-hydrogen) atoms. The molecule has 0 aliphatic carbocycles. The second-order valence-corrected chi connectivity index (χ2v) is 4.90.